The van der Waals surface area contributed by atoms with Gasteiger partial charge in [-0.3, -0.25) is 4.79 Å². The van der Waals surface area contributed by atoms with Crippen molar-refractivity contribution >= 4 is 39.1 Å². The van der Waals surface area contributed by atoms with Crippen LogP contribution in [0.15, 0.2) is 18.2 Å². The Morgan fingerprint density at radius 2 is 1.89 bits per heavy atom. The number of carbonyl (C=O) groups excluding carboxylic acids is 1. The summed E-state index contributed by atoms with van der Waals surface area (Å²) in [6.07, 6.45) is 1.38. The third-order valence-electron chi connectivity index (χ3n) is 3.97. The van der Waals surface area contributed by atoms with Crippen LogP contribution in [0.25, 0.3) is 0 Å². The number of benzene rings is 1. The molecule has 1 heterocycles. The van der Waals surface area contributed by atoms with Gasteiger partial charge in [-0.1, -0.05) is 43.1 Å². The van der Waals surface area contributed by atoms with Crippen molar-refractivity contribution in [2.45, 2.75) is 32.1 Å². The minimum atomic E-state index is -3.54. The van der Waals surface area contributed by atoms with Gasteiger partial charge in [-0.05, 0) is 24.5 Å². The highest BCUT2D eigenvalue weighted by molar-refractivity contribution is 7.88. The van der Waals surface area contributed by atoms with Crippen LogP contribution in [-0.2, 0) is 30.1 Å². The van der Waals surface area contributed by atoms with E-state index in [1.54, 1.807) is 18.2 Å². The summed E-state index contributed by atoms with van der Waals surface area (Å²) < 4.78 is 37.0. The molecule has 0 saturated carbocycles. The van der Waals surface area contributed by atoms with Gasteiger partial charge in [0.1, 0.15) is 6.04 Å². The number of amides is 1. The zero-order valence-corrected chi connectivity index (χ0v) is 17.7. The van der Waals surface area contributed by atoms with Crippen LogP contribution >= 0.6 is 23.2 Å². The highest BCUT2D eigenvalue weighted by Crippen LogP contribution is 2.36. The van der Waals surface area contributed by atoms with Crippen LogP contribution in [0.5, 0.6) is 0 Å². The Hall–Kier alpha value is -0.900. The molecule has 1 saturated heterocycles. The molecule has 1 atom stereocenters. The van der Waals surface area contributed by atoms with Gasteiger partial charge in [0.15, 0.2) is 0 Å². The molecular weight excluding hydrogens is 415 g/mol. The summed E-state index contributed by atoms with van der Waals surface area (Å²) in [6, 6.07) is 4.02. The lowest BCUT2D eigenvalue weighted by Gasteiger charge is -2.30. The van der Waals surface area contributed by atoms with E-state index >= 15 is 0 Å². The Labute approximate surface area is 169 Å². The maximum Gasteiger partial charge on any atom is 0.238 e. The van der Waals surface area contributed by atoms with Crippen molar-refractivity contribution in [1.82, 2.24) is 10.0 Å². The Kier molecular flexibility index (Phi) is 7.52. The largest absolute Gasteiger partial charge is 0.349 e. The van der Waals surface area contributed by atoms with Gasteiger partial charge in [0.25, 0.3) is 0 Å². The van der Waals surface area contributed by atoms with E-state index in [1.807, 2.05) is 13.8 Å². The van der Waals surface area contributed by atoms with Crippen LogP contribution in [0.4, 0.5) is 0 Å². The van der Waals surface area contributed by atoms with E-state index < -0.39 is 27.8 Å². The molecule has 2 rings (SSSR count). The van der Waals surface area contributed by atoms with Gasteiger partial charge >= 0.3 is 0 Å². The molecular formula is C17H24Cl2N2O5S. The minimum Gasteiger partial charge on any atom is -0.349 e. The van der Waals surface area contributed by atoms with E-state index in [2.05, 4.69) is 10.0 Å². The molecule has 0 radical (unpaired) electrons. The van der Waals surface area contributed by atoms with Gasteiger partial charge in [-0.25, -0.2) is 13.1 Å². The molecule has 1 aromatic rings. The van der Waals surface area contributed by atoms with Crippen LogP contribution in [0.3, 0.4) is 0 Å². The predicted octanol–water partition coefficient (Wildman–Crippen LogP) is 2.27. The van der Waals surface area contributed by atoms with Gasteiger partial charge in [-0.2, -0.15) is 0 Å². The van der Waals surface area contributed by atoms with Gasteiger partial charge in [0, 0.05) is 10.6 Å². The van der Waals surface area contributed by atoms with Crippen molar-refractivity contribution < 1.29 is 22.7 Å². The molecule has 0 aliphatic carbocycles. The van der Waals surface area contributed by atoms with Crippen molar-refractivity contribution in [1.29, 1.82) is 0 Å². The minimum absolute atomic E-state index is 0.0206. The molecule has 10 heteroatoms. The number of sulfonamides is 1. The monoisotopic (exact) mass is 438 g/mol. The number of nitrogens with one attached hydrogen (secondary N) is 2. The standard InChI is InChI=1S/C17H24Cl2N2O5S/c1-11(2)8-15(21-27(3,23)24)16(22)20-10-17(25-6-7-26-17)13-5-4-12(18)9-14(13)19/h4-5,9,11,15,21H,6-8,10H2,1-3H3,(H,20,22). The summed E-state index contributed by atoms with van der Waals surface area (Å²) in [5.74, 6) is -1.59. The zero-order chi connectivity index (χ0) is 20.2. The zero-order valence-electron chi connectivity index (χ0n) is 15.4. The molecule has 7 nitrogen and oxygen atoms in total. The fourth-order valence-corrected chi connectivity index (χ4v) is 4.14. The van der Waals surface area contributed by atoms with E-state index in [1.165, 1.54) is 0 Å². The predicted molar refractivity (Wildman–Crippen MR) is 104 cm³/mol. The highest BCUT2D eigenvalue weighted by Gasteiger charge is 2.41. The fourth-order valence-electron chi connectivity index (χ4n) is 2.87. The summed E-state index contributed by atoms with van der Waals surface area (Å²) >= 11 is 12.2. The molecule has 0 bridgehead atoms. The molecule has 152 valence electrons. The molecule has 1 aliphatic rings. The number of ether oxygens (including phenoxy) is 2. The smallest absolute Gasteiger partial charge is 0.238 e. The molecule has 1 amide bonds. The van der Waals surface area contributed by atoms with E-state index in [-0.39, 0.29) is 12.5 Å². The fraction of sp³-hybridized carbons (Fsp3) is 0.588. The first-order chi connectivity index (χ1) is 12.5. The number of hydrogen-bond donors (Lipinski definition) is 2. The van der Waals surface area contributed by atoms with Crippen molar-refractivity contribution in [3.8, 4) is 0 Å². The number of halogens is 2. The lowest BCUT2D eigenvalue weighted by atomic mass is 10.0. The second kappa shape index (κ2) is 9.07. The molecule has 27 heavy (non-hydrogen) atoms. The SMILES string of the molecule is CC(C)CC(NS(C)(=O)=O)C(=O)NCC1(c2ccc(Cl)cc2Cl)OCCO1. The first-order valence-corrected chi connectivity index (χ1v) is 11.2. The second-order valence-electron chi connectivity index (χ2n) is 6.86. The molecule has 0 aromatic heterocycles. The quantitative estimate of drug-likeness (QED) is 0.648. The third kappa shape index (κ3) is 6.30. The average molecular weight is 439 g/mol. The maximum absolute atomic E-state index is 12.6. The van der Waals surface area contributed by atoms with E-state index in [4.69, 9.17) is 32.7 Å². The molecule has 1 aromatic carbocycles. The van der Waals surface area contributed by atoms with Crippen LogP contribution in [0.1, 0.15) is 25.8 Å². The van der Waals surface area contributed by atoms with Gasteiger partial charge in [0.05, 0.1) is 31.0 Å². The first kappa shape index (κ1) is 22.4. The first-order valence-electron chi connectivity index (χ1n) is 8.51. The summed E-state index contributed by atoms with van der Waals surface area (Å²) in [5, 5.41) is 3.55. The average Bonchev–Trinajstić information content (AvgIpc) is 3.00. The summed E-state index contributed by atoms with van der Waals surface area (Å²) in [7, 11) is -3.54. The van der Waals surface area contributed by atoms with E-state index in [0.717, 1.165) is 6.26 Å². The molecule has 1 fully saturated rings. The highest BCUT2D eigenvalue weighted by atomic mass is 35.5. The Morgan fingerprint density at radius 1 is 1.26 bits per heavy atom. The lowest BCUT2D eigenvalue weighted by Crippen LogP contribution is -2.50. The van der Waals surface area contributed by atoms with Crippen LogP contribution in [0, 0.1) is 5.92 Å². The molecule has 1 unspecified atom stereocenters. The molecule has 2 N–H and O–H groups in total. The molecule has 0 spiro atoms. The van der Waals surface area contributed by atoms with Gasteiger partial charge in [0.2, 0.25) is 21.7 Å². The maximum atomic E-state index is 12.6. The van der Waals surface area contributed by atoms with E-state index in [0.29, 0.717) is 35.2 Å². The number of hydrogen-bond acceptors (Lipinski definition) is 5. The summed E-state index contributed by atoms with van der Waals surface area (Å²) in [4.78, 5) is 12.6. The van der Waals surface area contributed by atoms with Crippen LogP contribution in [-0.4, -0.2) is 46.4 Å². The number of carbonyl (C=O) groups is 1. The summed E-state index contributed by atoms with van der Waals surface area (Å²) in [6.45, 7) is 4.47. The summed E-state index contributed by atoms with van der Waals surface area (Å²) in [5.41, 5.74) is 0.544. The van der Waals surface area contributed by atoms with Crippen molar-refractivity contribution in [3.05, 3.63) is 33.8 Å². The van der Waals surface area contributed by atoms with Gasteiger partial charge in [-0.15, -0.1) is 0 Å². The van der Waals surface area contributed by atoms with Gasteiger partial charge < -0.3 is 14.8 Å². The molecule has 1 aliphatic heterocycles. The number of rotatable bonds is 8. The topological polar surface area (TPSA) is 93.7 Å². The lowest BCUT2D eigenvalue weighted by molar-refractivity contribution is -0.165. The van der Waals surface area contributed by atoms with E-state index in [9.17, 15) is 13.2 Å². The Balaban J connectivity index is 2.17. The van der Waals surface area contributed by atoms with Crippen molar-refractivity contribution in [2.75, 3.05) is 26.0 Å². The van der Waals surface area contributed by atoms with Crippen LogP contribution < -0.4 is 10.0 Å². The Morgan fingerprint density at radius 3 is 2.41 bits per heavy atom. The normalized spacial score (nSPS) is 17.9. The third-order valence-corrected chi connectivity index (χ3v) is 5.23. The Bertz CT molecular complexity index is 780. The van der Waals surface area contributed by atoms with Crippen LogP contribution in [0.2, 0.25) is 10.0 Å². The van der Waals surface area contributed by atoms with Crippen molar-refractivity contribution in [2.24, 2.45) is 5.92 Å². The second-order valence-corrected chi connectivity index (χ2v) is 9.49. The van der Waals surface area contributed by atoms with Crippen molar-refractivity contribution in [3.63, 3.8) is 0 Å².